The number of carbonyl (C=O) groups excluding carboxylic acids is 1. The van der Waals surface area contributed by atoms with Gasteiger partial charge >= 0.3 is 6.18 Å². The number of pyridine rings is 1. The van der Waals surface area contributed by atoms with Crippen molar-refractivity contribution in [3.8, 4) is 11.1 Å². The molecule has 2 aromatic heterocycles. The SMILES string of the molecule is CC(=O)[C@@H](C)Cn1ncc2ncc(-c3ccc(F)c(C(F)(F)F)c3)cc21. The van der Waals surface area contributed by atoms with Crippen LogP contribution in [0.4, 0.5) is 17.6 Å². The first-order valence-electron chi connectivity index (χ1n) is 7.86. The smallest absolute Gasteiger partial charge is 0.300 e. The van der Waals surface area contributed by atoms with Crippen LogP contribution in [0.2, 0.25) is 0 Å². The van der Waals surface area contributed by atoms with Gasteiger partial charge in [-0.05, 0) is 30.7 Å². The van der Waals surface area contributed by atoms with Gasteiger partial charge in [-0.15, -0.1) is 0 Å². The number of aromatic nitrogens is 3. The summed E-state index contributed by atoms with van der Waals surface area (Å²) in [4.78, 5) is 15.7. The minimum Gasteiger partial charge on any atom is -0.300 e. The molecule has 3 rings (SSSR count). The molecule has 0 radical (unpaired) electrons. The van der Waals surface area contributed by atoms with Crippen molar-refractivity contribution in [1.29, 1.82) is 0 Å². The number of hydrogen-bond donors (Lipinski definition) is 0. The number of rotatable bonds is 4. The van der Waals surface area contributed by atoms with Crippen molar-refractivity contribution in [1.82, 2.24) is 14.8 Å². The quantitative estimate of drug-likeness (QED) is 0.641. The van der Waals surface area contributed by atoms with Gasteiger partial charge < -0.3 is 0 Å². The van der Waals surface area contributed by atoms with Crippen LogP contribution in [-0.4, -0.2) is 20.5 Å². The van der Waals surface area contributed by atoms with E-state index in [-0.39, 0.29) is 17.3 Å². The molecular formula is C18H15F4N3O. The summed E-state index contributed by atoms with van der Waals surface area (Å²) in [5.41, 5.74) is 0.422. The highest BCUT2D eigenvalue weighted by Crippen LogP contribution is 2.34. The summed E-state index contributed by atoms with van der Waals surface area (Å²) in [7, 11) is 0. The average Bonchev–Trinajstić information content (AvgIpc) is 2.96. The van der Waals surface area contributed by atoms with Crippen LogP contribution in [0.15, 0.2) is 36.7 Å². The van der Waals surface area contributed by atoms with E-state index >= 15 is 0 Å². The molecule has 0 aliphatic heterocycles. The van der Waals surface area contributed by atoms with E-state index in [0.717, 1.165) is 12.1 Å². The summed E-state index contributed by atoms with van der Waals surface area (Å²) in [6, 6.07) is 4.45. The highest BCUT2D eigenvalue weighted by Gasteiger charge is 2.34. The van der Waals surface area contributed by atoms with Crippen molar-refractivity contribution in [2.45, 2.75) is 26.6 Å². The van der Waals surface area contributed by atoms with Gasteiger partial charge in [0, 0.05) is 17.7 Å². The van der Waals surface area contributed by atoms with Crippen molar-refractivity contribution in [3.05, 3.63) is 48.0 Å². The molecule has 0 saturated carbocycles. The predicted octanol–water partition coefficient (Wildman–Crippen LogP) is 4.48. The number of ketones is 1. The van der Waals surface area contributed by atoms with Gasteiger partial charge in [0.05, 0.1) is 23.8 Å². The van der Waals surface area contributed by atoms with Crippen LogP contribution >= 0.6 is 0 Å². The second kappa shape index (κ2) is 6.51. The molecule has 8 heteroatoms. The standard InChI is InChI=1S/C18H15F4N3O/c1-10(11(2)26)9-25-17-6-13(7-23-16(17)8-24-25)12-3-4-15(19)14(5-12)18(20,21)22/h3-8,10H,9H2,1-2H3/t10-/m0/s1. The Labute approximate surface area is 146 Å². The first kappa shape index (κ1) is 18.0. The Kier molecular flexibility index (Phi) is 4.52. The van der Waals surface area contributed by atoms with E-state index in [1.807, 2.05) is 0 Å². The summed E-state index contributed by atoms with van der Waals surface area (Å²) in [5, 5.41) is 4.19. The normalized spacial score (nSPS) is 13.2. The molecule has 0 aliphatic carbocycles. The molecule has 0 aliphatic rings. The Morgan fingerprint density at radius 1 is 1.19 bits per heavy atom. The highest BCUT2D eigenvalue weighted by molar-refractivity contribution is 5.81. The minimum atomic E-state index is -4.78. The van der Waals surface area contributed by atoms with E-state index in [1.165, 1.54) is 25.4 Å². The Morgan fingerprint density at radius 2 is 1.92 bits per heavy atom. The van der Waals surface area contributed by atoms with E-state index in [0.29, 0.717) is 23.1 Å². The van der Waals surface area contributed by atoms with Gasteiger partial charge in [0.1, 0.15) is 17.1 Å². The van der Waals surface area contributed by atoms with E-state index in [4.69, 9.17) is 0 Å². The zero-order valence-corrected chi connectivity index (χ0v) is 14.0. The van der Waals surface area contributed by atoms with Crippen LogP contribution in [-0.2, 0) is 17.5 Å². The van der Waals surface area contributed by atoms with Gasteiger partial charge in [-0.1, -0.05) is 13.0 Å². The van der Waals surface area contributed by atoms with Crippen molar-refractivity contribution in [2.75, 3.05) is 0 Å². The Bertz CT molecular complexity index is 978. The van der Waals surface area contributed by atoms with Crippen LogP contribution in [0.3, 0.4) is 0 Å². The summed E-state index contributed by atoms with van der Waals surface area (Å²) in [5.74, 6) is -1.58. The third-order valence-electron chi connectivity index (χ3n) is 4.24. The maximum absolute atomic E-state index is 13.5. The van der Waals surface area contributed by atoms with Crippen molar-refractivity contribution in [2.24, 2.45) is 5.92 Å². The molecule has 4 nitrogen and oxygen atoms in total. The molecule has 136 valence electrons. The maximum atomic E-state index is 13.5. The number of benzene rings is 1. The summed E-state index contributed by atoms with van der Waals surface area (Å²) >= 11 is 0. The van der Waals surface area contributed by atoms with Gasteiger partial charge in [0.25, 0.3) is 0 Å². The number of nitrogens with zero attached hydrogens (tertiary/aromatic N) is 3. The molecule has 1 atom stereocenters. The molecule has 3 aromatic rings. The fourth-order valence-electron chi connectivity index (χ4n) is 2.57. The van der Waals surface area contributed by atoms with E-state index in [2.05, 4.69) is 10.1 Å². The highest BCUT2D eigenvalue weighted by atomic mass is 19.4. The van der Waals surface area contributed by atoms with Gasteiger partial charge in [-0.2, -0.15) is 18.3 Å². The number of fused-ring (bicyclic) bond motifs is 1. The molecule has 0 bridgehead atoms. The maximum Gasteiger partial charge on any atom is 0.419 e. The summed E-state index contributed by atoms with van der Waals surface area (Å²) < 4.78 is 53.9. The molecule has 0 unspecified atom stereocenters. The molecule has 0 N–H and O–H groups in total. The lowest BCUT2D eigenvalue weighted by molar-refractivity contribution is -0.140. The Morgan fingerprint density at radius 3 is 2.58 bits per heavy atom. The lowest BCUT2D eigenvalue weighted by Gasteiger charge is -2.11. The average molecular weight is 365 g/mol. The van der Waals surface area contributed by atoms with Gasteiger partial charge in [0.2, 0.25) is 0 Å². The van der Waals surface area contributed by atoms with Gasteiger partial charge in [0.15, 0.2) is 0 Å². The number of carbonyl (C=O) groups is 1. The van der Waals surface area contributed by atoms with E-state index in [1.54, 1.807) is 17.7 Å². The number of halogens is 4. The lowest BCUT2D eigenvalue weighted by atomic mass is 10.0. The summed E-state index contributed by atoms with van der Waals surface area (Å²) in [6.45, 7) is 3.58. The summed E-state index contributed by atoms with van der Waals surface area (Å²) in [6.07, 6.45) is -1.84. The number of hydrogen-bond acceptors (Lipinski definition) is 3. The lowest BCUT2D eigenvalue weighted by Crippen LogP contribution is -2.15. The third-order valence-corrected chi connectivity index (χ3v) is 4.24. The van der Waals surface area contributed by atoms with Crippen LogP contribution < -0.4 is 0 Å². The van der Waals surface area contributed by atoms with E-state index in [9.17, 15) is 22.4 Å². The predicted molar refractivity (Wildman–Crippen MR) is 87.8 cm³/mol. The van der Waals surface area contributed by atoms with E-state index < -0.39 is 17.6 Å². The van der Waals surface area contributed by atoms with Crippen LogP contribution in [0.5, 0.6) is 0 Å². The van der Waals surface area contributed by atoms with Gasteiger partial charge in [-0.3, -0.25) is 14.5 Å². The molecule has 1 aromatic carbocycles. The third kappa shape index (κ3) is 3.44. The fraction of sp³-hybridized carbons (Fsp3) is 0.278. The topological polar surface area (TPSA) is 47.8 Å². The van der Waals surface area contributed by atoms with Crippen molar-refractivity contribution < 1.29 is 22.4 Å². The second-order valence-corrected chi connectivity index (χ2v) is 6.16. The van der Waals surface area contributed by atoms with Gasteiger partial charge in [-0.25, -0.2) is 4.39 Å². The second-order valence-electron chi connectivity index (χ2n) is 6.16. The minimum absolute atomic E-state index is 0.00566. The Balaban J connectivity index is 2.05. The molecule has 26 heavy (non-hydrogen) atoms. The zero-order chi connectivity index (χ0) is 19.1. The molecule has 2 heterocycles. The number of alkyl halides is 3. The first-order valence-corrected chi connectivity index (χ1v) is 7.86. The van der Waals surface area contributed by atoms with Crippen molar-refractivity contribution in [3.63, 3.8) is 0 Å². The molecule has 0 amide bonds. The molecule has 0 saturated heterocycles. The first-order chi connectivity index (χ1) is 12.2. The molecular weight excluding hydrogens is 350 g/mol. The zero-order valence-electron chi connectivity index (χ0n) is 14.0. The van der Waals surface area contributed by atoms with Crippen LogP contribution in [0.25, 0.3) is 22.2 Å². The fourth-order valence-corrected chi connectivity index (χ4v) is 2.57. The Hall–Kier alpha value is -2.77. The number of Topliss-reactive ketones (excluding diaryl/α,β-unsaturated/α-hetero) is 1. The molecule has 0 spiro atoms. The van der Waals surface area contributed by atoms with Crippen LogP contribution in [0, 0.1) is 11.7 Å². The largest absolute Gasteiger partial charge is 0.419 e. The monoisotopic (exact) mass is 365 g/mol. The van der Waals surface area contributed by atoms with Crippen LogP contribution in [0.1, 0.15) is 19.4 Å². The molecule has 0 fully saturated rings. The van der Waals surface area contributed by atoms with Crippen molar-refractivity contribution >= 4 is 16.8 Å².